The minimum Gasteiger partial charge on any atom is -0.348 e. The summed E-state index contributed by atoms with van der Waals surface area (Å²) in [6.45, 7) is 2.42. The first-order chi connectivity index (χ1) is 18.4. The SMILES string of the molecule is Cc1c(-c2cc(Sc3ncccc3F)c3c(C#N)cnn3c2)cnn1[C@H]1CC[C@@H](NCC(=O)N(C)C)CC1. The highest BCUT2D eigenvalue weighted by atomic mass is 32.2. The number of nitrogens with one attached hydrogen (secondary N) is 1. The average Bonchev–Trinajstić information content (AvgIpc) is 3.52. The molecule has 0 bridgehead atoms. The molecule has 196 valence electrons. The largest absolute Gasteiger partial charge is 0.348 e. The lowest BCUT2D eigenvalue weighted by atomic mass is 9.91. The molecule has 4 aromatic heterocycles. The molecule has 38 heavy (non-hydrogen) atoms. The van der Waals surface area contributed by atoms with E-state index >= 15 is 0 Å². The van der Waals surface area contributed by atoms with Gasteiger partial charge in [0.25, 0.3) is 0 Å². The number of carbonyl (C=O) groups excluding carboxylic acids is 1. The first-order valence-corrected chi connectivity index (χ1v) is 13.3. The molecular weight excluding hydrogens is 503 g/mol. The average molecular weight is 533 g/mol. The Morgan fingerprint density at radius 2 is 2.05 bits per heavy atom. The summed E-state index contributed by atoms with van der Waals surface area (Å²) in [5, 5.41) is 22.4. The van der Waals surface area contributed by atoms with E-state index in [0.717, 1.165) is 42.5 Å². The lowest BCUT2D eigenvalue weighted by molar-refractivity contribution is -0.127. The molecule has 0 saturated heterocycles. The number of nitriles is 1. The van der Waals surface area contributed by atoms with Crippen molar-refractivity contribution in [2.45, 2.75) is 54.6 Å². The van der Waals surface area contributed by atoms with Crippen molar-refractivity contribution >= 4 is 23.2 Å². The summed E-state index contributed by atoms with van der Waals surface area (Å²) in [6, 6.07) is 7.66. The van der Waals surface area contributed by atoms with Crippen molar-refractivity contribution in [2.24, 2.45) is 0 Å². The van der Waals surface area contributed by atoms with Crippen molar-refractivity contribution in [2.75, 3.05) is 20.6 Å². The molecule has 0 atom stereocenters. The van der Waals surface area contributed by atoms with Crippen LogP contribution in [-0.4, -0.2) is 61.9 Å². The monoisotopic (exact) mass is 532 g/mol. The fourth-order valence-electron chi connectivity index (χ4n) is 4.93. The van der Waals surface area contributed by atoms with Crippen LogP contribution in [0.25, 0.3) is 16.6 Å². The van der Waals surface area contributed by atoms with Crippen LogP contribution in [0.15, 0.2) is 52.9 Å². The highest BCUT2D eigenvalue weighted by Crippen LogP contribution is 2.37. The predicted molar refractivity (Wildman–Crippen MR) is 142 cm³/mol. The summed E-state index contributed by atoms with van der Waals surface area (Å²) in [4.78, 5) is 18.4. The Labute approximate surface area is 224 Å². The molecule has 9 nitrogen and oxygen atoms in total. The van der Waals surface area contributed by atoms with Gasteiger partial charge in [-0.2, -0.15) is 15.5 Å². The van der Waals surface area contributed by atoms with Crippen LogP contribution in [0, 0.1) is 24.1 Å². The van der Waals surface area contributed by atoms with E-state index in [9.17, 15) is 14.4 Å². The molecule has 1 amide bonds. The van der Waals surface area contributed by atoms with E-state index in [1.54, 1.807) is 35.8 Å². The van der Waals surface area contributed by atoms with E-state index in [-0.39, 0.29) is 17.0 Å². The number of nitrogens with zero attached hydrogens (tertiary/aromatic N) is 7. The summed E-state index contributed by atoms with van der Waals surface area (Å²) in [7, 11) is 3.54. The van der Waals surface area contributed by atoms with Crippen LogP contribution in [0.3, 0.4) is 0 Å². The lowest BCUT2D eigenvalue weighted by Gasteiger charge is -2.30. The van der Waals surface area contributed by atoms with Crippen LogP contribution >= 0.6 is 11.8 Å². The van der Waals surface area contributed by atoms with Crippen LogP contribution in [0.5, 0.6) is 0 Å². The number of halogens is 1. The molecule has 0 unspecified atom stereocenters. The Kier molecular flexibility index (Phi) is 7.44. The zero-order chi connectivity index (χ0) is 26.8. The predicted octanol–water partition coefficient (Wildman–Crippen LogP) is 4.22. The van der Waals surface area contributed by atoms with Crippen LogP contribution in [0.1, 0.15) is 43.0 Å². The third-order valence-electron chi connectivity index (χ3n) is 7.07. The molecule has 0 spiro atoms. The van der Waals surface area contributed by atoms with Gasteiger partial charge in [0.1, 0.15) is 11.1 Å². The number of rotatable bonds is 7. The summed E-state index contributed by atoms with van der Waals surface area (Å²) < 4.78 is 18.2. The molecule has 0 aliphatic heterocycles. The number of pyridine rings is 2. The third-order valence-corrected chi connectivity index (χ3v) is 8.09. The molecule has 4 heterocycles. The van der Waals surface area contributed by atoms with E-state index < -0.39 is 5.82 Å². The number of hydrogen-bond donors (Lipinski definition) is 1. The van der Waals surface area contributed by atoms with Gasteiger partial charge < -0.3 is 10.2 Å². The third kappa shape index (κ3) is 5.14. The standard InChI is InChI=1S/C27H29FN8OS/c1-17-22(14-33-36(17)21-8-6-20(7-9-21)31-15-25(37)34(2)3)18-11-24(38-27-23(28)5-4-10-30-27)26-19(12-29)13-32-35(26)16-18/h4-5,10-11,13-14,16,20-21,31H,6-9,15H2,1-3H3/t20-,21+. The number of likely N-dealkylation sites (N-methyl/N-ethyl adjacent to an activating group) is 1. The zero-order valence-electron chi connectivity index (χ0n) is 21.6. The topological polar surface area (TPSA) is 104 Å². The lowest BCUT2D eigenvalue weighted by Crippen LogP contribution is -2.40. The number of aromatic nitrogens is 5. The summed E-state index contributed by atoms with van der Waals surface area (Å²) in [5.41, 5.74) is 3.91. The number of hydrogen-bond acceptors (Lipinski definition) is 7. The van der Waals surface area contributed by atoms with E-state index in [0.29, 0.717) is 28.6 Å². The Bertz CT molecular complexity index is 1510. The molecule has 1 N–H and O–H groups in total. The molecule has 1 aliphatic carbocycles. The van der Waals surface area contributed by atoms with Crippen molar-refractivity contribution in [1.82, 2.24) is 34.6 Å². The van der Waals surface area contributed by atoms with Gasteiger partial charge in [0.15, 0.2) is 5.82 Å². The second-order valence-corrected chi connectivity index (χ2v) is 10.7. The minimum atomic E-state index is -0.417. The summed E-state index contributed by atoms with van der Waals surface area (Å²) in [5.74, 6) is -0.335. The maximum Gasteiger partial charge on any atom is 0.236 e. The van der Waals surface area contributed by atoms with E-state index in [1.807, 2.05) is 18.5 Å². The van der Waals surface area contributed by atoms with Crippen molar-refractivity contribution in [3.05, 3.63) is 60.1 Å². The fraction of sp³-hybridized carbons (Fsp3) is 0.370. The van der Waals surface area contributed by atoms with Gasteiger partial charge in [-0.05, 0) is 50.8 Å². The molecule has 5 rings (SSSR count). The minimum absolute atomic E-state index is 0.0824. The Morgan fingerprint density at radius 1 is 1.26 bits per heavy atom. The van der Waals surface area contributed by atoms with Crippen LogP contribution < -0.4 is 5.32 Å². The van der Waals surface area contributed by atoms with Crippen molar-refractivity contribution in [3.8, 4) is 17.2 Å². The normalized spacial score (nSPS) is 17.4. The Morgan fingerprint density at radius 3 is 2.76 bits per heavy atom. The van der Waals surface area contributed by atoms with Crippen molar-refractivity contribution in [1.29, 1.82) is 5.26 Å². The van der Waals surface area contributed by atoms with Crippen molar-refractivity contribution < 1.29 is 9.18 Å². The van der Waals surface area contributed by atoms with Gasteiger partial charge in [-0.3, -0.25) is 9.48 Å². The number of carbonyl (C=O) groups is 1. The molecule has 1 aliphatic rings. The summed E-state index contributed by atoms with van der Waals surface area (Å²) in [6.07, 6.45) is 10.7. The molecule has 11 heteroatoms. The zero-order valence-corrected chi connectivity index (χ0v) is 22.4. The molecule has 4 aromatic rings. The molecule has 0 radical (unpaired) electrons. The Balaban J connectivity index is 1.39. The van der Waals surface area contributed by atoms with E-state index in [1.165, 1.54) is 24.0 Å². The van der Waals surface area contributed by atoms with Crippen LogP contribution in [0.4, 0.5) is 4.39 Å². The van der Waals surface area contributed by atoms with Gasteiger partial charge in [-0.25, -0.2) is 13.9 Å². The number of fused-ring (bicyclic) bond motifs is 1. The molecular formula is C27H29FN8OS. The molecule has 1 fully saturated rings. The van der Waals surface area contributed by atoms with Crippen molar-refractivity contribution in [3.63, 3.8) is 0 Å². The quantitative estimate of drug-likeness (QED) is 0.380. The second-order valence-electron chi connectivity index (χ2n) is 9.71. The Hall–Kier alpha value is -3.75. The maximum atomic E-state index is 14.4. The molecule has 1 saturated carbocycles. The van der Waals surface area contributed by atoms with Crippen LogP contribution in [-0.2, 0) is 4.79 Å². The first-order valence-electron chi connectivity index (χ1n) is 12.5. The molecule has 0 aromatic carbocycles. The van der Waals surface area contributed by atoms with Gasteiger partial charge >= 0.3 is 0 Å². The highest BCUT2D eigenvalue weighted by molar-refractivity contribution is 7.99. The van der Waals surface area contributed by atoms with Gasteiger partial charge in [0.2, 0.25) is 5.91 Å². The van der Waals surface area contributed by atoms with Crippen LogP contribution in [0.2, 0.25) is 0 Å². The second kappa shape index (κ2) is 10.9. The van der Waals surface area contributed by atoms with Gasteiger partial charge in [-0.15, -0.1) is 0 Å². The highest BCUT2D eigenvalue weighted by Gasteiger charge is 2.25. The number of amides is 1. The first kappa shape index (κ1) is 25.9. The fourth-order valence-corrected chi connectivity index (χ4v) is 5.90. The van der Waals surface area contributed by atoms with Gasteiger partial charge in [0, 0.05) is 54.2 Å². The van der Waals surface area contributed by atoms with E-state index in [4.69, 9.17) is 5.10 Å². The maximum absolute atomic E-state index is 14.4. The van der Waals surface area contributed by atoms with Gasteiger partial charge in [0.05, 0.1) is 36.1 Å². The van der Waals surface area contributed by atoms with E-state index in [2.05, 4.69) is 33.1 Å². The summed E-state index contributed by atoms with van der Waals surface area (Å²) >= 11 is 1.18. The smallest absolute Gasteiger partial charge is 0.236 e. The van der Waals surface area contributed by atoms with Gasteiger partial charge in [-0.1, -0.05) is 11.8 Å².